The van der Waals surface area contributed by atoms with E-state index in [0.717, 1.165) is 18.0 Å². The van der Waals surface area contributed by atoms with Gasteiger partial charge in [-0.15, -0.1) is 5.10 Å². The SMILES string of the molecule is CC.O=C(NC1COC2C1OCC2n1cc(CC2CCCCC2)nn1)c1cccc(CO)c1. The topological polar surface area (TPSA) is 98.5 Å². The number of benzene rings is 1. The van der Waals surface area contributed by atoms with Gasteiger partial charge in [0, 0.05) is 11.8 Å². The highest BCUT2D eigenvalue weighted by molar-refractivity contribution is 5.94. The van der Waals surface area contributed by atoms with E-state index in [4.69, 9.17) is 9.47 Å². The molecule has 1 aromatic carbocycles. The number of aliphatic hydroxyl groups is 1. The van der Waals surface area contributed by atoms with E-state index in [2.05, 4.69) is 15.6 Å². The smallest absolute Gasteiger partial charge is 0.251 e. The summed E-state index contributed by atoms with van der Waals surface area (Å²) in [4.78, 5) is 12.7. The molecule has 2 aliphatic heterocycles. The molecule has 8 nitrogen and oxygen atoms in total. The highest BCUT2D eigenvalue weighted by atomic mass is 16.6. The zero-order valence-corrected chi connectivity index (χ0v) is 19.7. The van der Waals surface area contributed by atoms with Crippen LogP contribution in [0.3, 0.4) is 0 Å². The quantitative estimate of drug-likeness (QED) is 0.693. The van der Waals surface area contributed by atoms with Gasteiger partial charge >= 0.3 is 0 Å². The molecule has 1 saturated carbocycles. The third-order valence-electron chi connectivity index (χ3n) is 6.84. The lowest BCUT2D eigenvalue weighted by Crippen LogP contribution is -2.44. The molecule has 2 aromatic rings. The molecule has 0 spiro atoms. The number of aliphatic hydroxyl groups excluding tert-OH is 1. The predicted octanol–water partition coefficient (Wildman–Crippen LogP) is 3.06. The van der Waals surface area contributed by atoms with E-state index in [-0.39, 0.29) is 36.8 Å². The molecule has 2 N–H and O–H groups in total. The normalized spacial score (nSPS) is 27.0. The Labute approximate surface area is 195 Å². The van der Waals surface area contributed by atoms with Crippen LogP contribution >= 0.6 is 0 Å². The maximum absolute atomic E-state index is 12.7. The van der Waals surface area contributed by atoms with Crippen LogP contribution in [0.5, 0.6) is 0 Å². The largest absolute Gasteiger partial charge is 0.392 e. The van der Waals surface area contributed by atoms with Gasteiger partial charge < -0.3 is 19.9 Å². The van der Waals surface area contributed by atoms with Crippen molar-refractivity contribution < 1.29 is 19.4 Å². The second-order valence-electron chi connectivity index (χ2n) is 9.00. The molecule has 3 fully saturated rings. The Morgan fingerprint density at radius 3 is 2.73 bits per heavy atom. The van der Waals surface area contributed by atoms with Gasteiger partial charge in [-0.3, -0.25) is 4.79 Å². The molecule has 1 aromatic heterocycles. The molecular weight excluding hydrogens is 420 g/mol. The van der Waals surface area contributed by atoms with E-state index in [1.165, 1.54) is 32.1 Å². The Bertz CT molecular complexity index is 911. The minimum absolute atomic E-state index is 0.0303. The summed E-state index contributed by atoms with van der Waals surface area (Å²) >= 11 is 0. The van der Waals surface area contributed by atoms with Crippen molar-refractivity contribution in [2.75, 3.05) is 13.2 Å². The van der Waals surface area contributed by atoms with Crippen LogP contribution in [0.15, 0.2) is 30.5 Å². The molecule has 1 aliphatic carbocycles. The summed E-state index contributed by atoms with van der Waals surface area (Å²) in [6.45, 7) is 4.80. The van der Waals surface area contributed by atoms with Crippen molar-refractivity contribution in [2.45, 2.75) is 83.3 Å². The highest BCUT2D eigenvalue weighted by Crippen LogP contribution is 2.34. The summed E-state index contributed by atoms with van der Waals surface area (Å²) in [6.07, 6.45) is 9.25. The second kappa shape index (κ2) is 11.2. The number of rotatable bonds is 6. The minimum atomic E-state index is -0.217. The van der Waals surface area contributed by atoms with Crippen molar-refractivity contribution in [3.05, 3.63) is 47.3 Å². The van der Waals surface area contributed by atoms with E-state index < -0.39 is 0 Å². The third-order valence-corrected chi connectivity index (χ3v) is 6.84. The van der Waals surface area contributed by atoms with Crippen molar-refractivity contribution in [1.29, 1.82) is 0 Å². The minimum Gasteiger partial charge on any atom is -0.392 e. The molecular formula is C25H36N4O4. The fourth-order valence-electron chi connectivity index (χ4n) is 5.15. The Morgan fingerprint density at radius 2 is 1.94 bits per heavy atom. The third kappa shape index (κ3) is 5.45. The van der Waals surface area contributed by atoms with E-state index in [0.29, 0.717) is 24.3 Å². The molecule has 0 bridgehead atoms. The molecule has 8 heteroatoms. The molecule has 2 saturated heterocycles. The Morgan fingerprint density at radius 1 is 1.15 bits per heavy atom. The van der Waals surface area contributed by atoms with Crippen molar-refractivity contribution in [2.24, 2.45) is 5.92 Å². The van der Waals surface area contributed by atoms with Crippen LogP contribution in [-0.4, -0.2) is 57.5 Å². The molecule has 3 heterocycles. The van der Waals surface area contributed by atoms with Gasteiger partial charge in [0.15, 0.2) is 0 Å². The van der Waals surface area contributed by atoms with Crippen LogP contribution in [0.4, 0.5) is 0 Å². The molecule has 3 aliphatic rings. The van der Waals surface area contributed by atoms with Gasteiger partial charge in [-0.05, 0) is 30.0 Å². The van der Waals surface area contributed by atoms with Crippen LogP contribution in [0.2, 0.25) is 0 Å². The van der Waals surface area contributed by atoms with Crippen molar-refractivity contribution in [3.8, 4) is 0 Å². The molecule has 5 rings (SSSR count). The van der Waals surface area contributed by atoms with Gasteiger partial charge in [-0.1, -0.05) is 63.3 Å². The standard InChI is InChI=1S/C23H30N4O4.C2H6/c28-12-16-7-4-8-17(9-16)23(29)24-19-13-30-22-20(14-31-21(19)22)27-11-18(25-26-27)10-15-5-2-1-3-6-15;1-2/h4,7-9,11,15,19-22,28H,1-3,5-6,10,12-14H2,(H,24,29);1-2H3. The number of carbonyl (C=O) groups excluding carboxylic acids is 1. The van der Waals surface area contributed by atoms with Crippen LogP contribution in [-0.2, 0) is 22.5 Å². The summed E-state index contributed by atoms with van der Waals surface area (Å²) in [5, 5.41) is 21.1. The lowest BCUT2D eigenvalue weighted by atomic mass is 9.86. The summed E-state index contributed by atoms with van der Waals surface area (Å²) in [5.41, 5.74) is 2.27. The molecule has 1 amide bonds. The number of hydrogen-bond donors (Lipinski definition) is 2. The van der Waals surface area contributed by atoms with Gasteiger partial charge in [-0.25, -0.2) is 4.68 Å². The Kier molecular flexibility index (Phi) is 8.11. The zero-order valence-electron chi connectivity index (χ0n) is 19.7. The van der Waals surface area contributed by atoms with Gasteiger partial charge in [-0.2, -0.15) is 0 Å². The monoisotopic (exact) mass is 456 g/mol. The fraction of sp³-hybridized carbons (Fsp3) is 0.640. The molecule has 4 atom stereocenters. The maximum atomic E-state index is 12.7. The van der Waals surface area contributed by atoms with Gasteiger partial charge in [0.25, 0.3) is 5.91 Å². The second-order valence-corrected chi connectivity index (χ2v) is 9.00. The van der Waals surface area contributed by atoms with E-state index in [9.17, 15) is 9.90 Å². The number of carbonyl (C=O) groups is 1. The first-order valence-electron chi connectivity index (χ1n) is 12.4. The number of amides is 1. The zero-order chi connectivity index (χ0) is 23.2. The molecule has 180 valence electrons. The van der Waals surface area contributed by atoms with Crippen LogP contribution < -0.4 is 5.32 Å². The Balaban J connectivity index is 0.00000126. The summed E-state index contributed by atoms with van der Waals surface area (Å²) in [6, 6.07) is 6.75. The van der Waals surface area contributed by atoms with Crippen molar-refractivity contribution in [3.63, 3.8) is 0 Å². The first-order chi connectivity index (χ1) is 16.2. The van der Waals surface area contributed by atoms with Crippen LogP contribution in [0.1, 0.15) is 73.6 Å². The van der Waals surface area contributed by atoms with Gasteiger partial charge in [0.05, 0.1) is 31.6 Å². The lowest BCUT2D eigenvalue weighted by molar-refractivity contribution is 0.0613. The van der Waals surface area contributed by atoms with E-state index in [1.54, 1.807) is 24.3 Å². The summed E-state index contributed by atoms with van der Waals surface area (Å²) in [5.74, 6) is 0.533. The number of fused-ring (bicyclic) bond motifs is 1. The average molecular weight is 457 g/mol. The number of aromatic nitrogens is 3. The van der Waals surface area contributed by atoms with Crippen LogP contribution in [0, 0.1) is 5.92 Å². The summed E-state index contributed by atoms with van der Waals surface area (Å²) in [7, 11) is 0. The van der Waals surface area contributed by atoms with Crippen LogP contribution in [0.25, 0.3) is 0 Å². The predicted molar refractivity (Wildman–Crippen MR) is 124 cm³/mol. The highest BCUT2D eigenvalue weighted by Gasteiger charge is 2.49. The first-order valence-corrected chi connectivity index (χ1v) is 12.4. The van der Waals surface area contributed by atoms with Gasteiger partial charge in [0.2, 0.25) is 0 Å². The summed E-state index contributed by atoms with van der Waals surface area (Å²) < 4.78 is 13.9. The molecule has 4 unspecified atom stereocenters. The van der Waals surface area contributed by atoms with Gasteiger partial charge in [0.1, 0.15) is 18.2 Å². The first kappa shape index (κ1) is 23.9. The average Bonchev–Trinajstić information content (AvgIpc) is 3.59. The van der Waals surface area contributed by atoms with E-state index >= 15 is 0 Å². The van der Waals surface area contributed by atoms with Crippen molar-refractivity contribution >= 4 is 5.91 Å². The molecule has 33 heavy (non-hydrogen) atoms. The molecule has 0 radical (unpaired) electrons. The number of ether oxygens (including phenoxy) is 2. The number of nitrogens with one attached hydrogen (secondary N) is 1. The fourth-order valence-corrected chi connectivity index (χ4v) is 5.15. The van der Waals surface area contributed by atoms with E-state index in [1.807, 2.05) is 24.7 Å². The Hall–Kier alpha value is -2.29. The lowest BCUT2D eigenvalue weighted by Gasteiger charge is -2.20. The maximum Gasteiger partial charge on any atom is 0.251 e. The van der Waals surface area contributed by atoms with Crippen molar-refractivity contribution in [1.82, 2.24) is 20.3 Å². The number of nitrogens with zero attached hydrogens (tertiary/aromatic N) is 3. The number of hydrogen-bond acceptors (Lipinski definition) is 6.